The van der Waals surface area contributed by atoms with Crippen LogP contribution in [0.2, 0.25) is 0 Å². The van der Waals surface area contributed by atoms with Crippen LogP contribution in [0.3, 0.4) is 0 Å². The summed E-state index contributed by atoms with van der Waals surface area (Å²) in [6, 6.07) is 1.81. The Kier molecular flexibility index (Phi) is 4.71. The molecule has 0 saturated carbocycles. The molecule has 0 aliphatic carbocycles. The fraction of sp³-hybridized carbons (Fsp3) is 0.286. The van der Waals surface area contributed by atoms with Crippen molar-refractivity contribution in [3.63, 3.8) is 0 Å². The van der Waals surface area contributed by atoms with E-state index < -0.39 is 16.3 Å². The number of rotatable bonds is 4. The molecule has 0 atom stereocenters. The second-order valence-corrected chi connectivity index (χ2v) is 5.96. The number of nitrogens with one attached hydrogen (secondary N) is 2. The van der Waals surface area contributed by atoms with Crippen LogP contribution in [-0.2, 0) is 21.5 Å². The highest BCUT2D eigenvalue weighted by Gasteiger charge is 2.14. The minimum atomic E-state index is -3.87. The molecule has 2 N–H and O–H groups in total. The zero-order valence-electron chi connectivity index (χ0n) is 8.19. The summed E-state index contributed by atoms with van der Waals surface area (Å²) >= 11 is 4.66. The second-order valence-electron chi connectivity index (χ2n) is 2.61. The molecule has 90 valence electrons. The Labute approximate surface area is 105 Å². The maximum Gasteiger partial charge on any atom is 0.421 e. The van der Waals surface area contributed by atoms with Crippen molar-refractivity contribution in [2.45, 2.75) is 6.54 Å². The van der Waals surface area contributed by atoms with Crippen molar-refractivity contribution in [1.82, 2.24) is 9.44 Å². The normalized spacial score (nSPS) is 11.1. The van der Waals surface area contributed by atoms with Crippen LogP contribution in [0, 0.1) is 0 Å². The van der Waals surface area contributed by atoms with E-state index in [0.717, 1.165) is 16.5 Å². The Hall–Kier alpha value is -0.640. The highest BCUT2D eigenvalue weighted by atomic mass is 79.9. The van der Waals surface area contributed by atoms with Gasteiger partial charge in [-0.25, -0.2) is 9.52 Å². The summed E-state index contributed by atoms with van der Waals surface area (Å²) in [5.74, 6) is 0. The topological polar surface area (TPSA) is 84.5 Å². The van der Waals surface area contributed by atoms with Crippen LogP contribution in [0.15, 0.2) is 15.9 Å². The third-order valence-corrected chi connectivity index (χ3v) is 4.40. The van der Waals surface area contributed by atoms with Gasteiger partial charge in [0.05, 0.1) is 7.11 Å². The van der Waals surface area contributed by atoms with E-state index in [1.54, 1.807) is 4.72 Å². The van der Waals surface area contributed by atoms with Crippen molar-refractivity contribution in [3.8, 4) is 0 Å². The van der Waals surface area contributed by atoms with Crippen LogP contribution in [-0.4, -0.2) is 21.6 Å². The largest absolute Gasteiger partial charge is 0.452 e. The van der Waals surface area contributed by atoms with E-state index in [4.69, 9.17) is 0 Å². The van der Waals surface area contributed by atoms with Crippen LogP contribution in [0.4, 0.5) is 4.79 Å². The molecule has 1 heterocycles. The van der Waals surface area contributed by atoms with Gasteiger partial charge in [-0.2, -0.15) is 13.1 Å². The molecule has 1 aromatic rings. The van der Waals surface area contributed by atoms with Crippen LogP contribution in [0.1, 0.15) is 4.88 Å². The molecule has 0 saturated heterocycles. The van der Waals surface area contributed by atoms with E-state index in [1.165, 1.54) is 11.3 Å². The van der Waals surface area contributed by atoms with Gasteiger partial charge in [0.1, 0.15) is 0 Å². The summed E-state index contributed by atoms with van der Waals surface area (Å²) in [6.45, 7) is 0.102. The molecule has 0 bridgehead atoms. The summed E-state index contributed by atoms with van der Waals surface area (Å²) in [4.78, 5) is 11.5. The molecule has 6 nitrogen and oxygen atoms in total. The molecule has 0 fully saturated rings. The number of methoxy groups -OCH3 is 1. The lowest BCUT2D eigenvalue weighted by Crippen LogP contribution is -2.39. The van der Waals surface area contributed by atoms with Gasteiger partial charge in [-0.15, -0.1) is 11.3 Å². The third-order valence-electron chi connectivity index (χ3n) is 1.52. The summed E-state index contributed by atoms with van der Waals surface area (Å²) in [5.41, 5.74) is 0. The SMILES string of the molecule is COC(=O)NS(=O)(=O)NCc1sccc1Br. The summed E-state index contributed by atoms with van der Waals surface area (Å²) < 4.78 is 31.4. The fourth-order valence-corrected chi connectivity index (χ4v) is 3.03. The number of hydrogen-bond donors (Lipinski definition) is 2. The van der Waals surface area contributed by atoms with E-state index in [0.29, 0.717) is 0 Å². The fourth-order valence-electron chi connectivity index (χ4n) is 0.799. The van der Waals surface area contributed by atoms with Crippen molar-refractivity contribution >= 4 is 43.6 Å². The Morgan fingerprint density at radius 2 is 2.31 bits per heavy atom. The molecule has 0 aliphatic heterocycles. The van der Waals surface area contributed by atoms with Crippen LogP contribution in [0.5, 0.6) is 0 Å². The van der Waals surface area contributed by atoms with E-state index in [1.807, 2.05) is 11.4 Å². The Balaban J connectivity index is 2.55. The van der Waals surface area contributed by atoms with Crippen molar-refractivity contribution in [1.29, 1.82) is 0 Å². The standard InChI is InChI=1S/C7H9BrN2O4S2/c1-14-7(11)10-16(12,13)9-4-6-5(8)2-3-15-6/h2-3,9H,4H2,1H3,(H,10,11). The number of carbonyl (C=O) groups is 1. The molecule has 1 rings (SSSR count). The molecule has 0 unspecified atom stereocenters. The monoisotopic (exact) mass is 328 g/mol. The van der Waals surface area contributed by atoms with Gasteiger partial charge in [-0.3, -0.25) is 0 Å². The van der Waals surface area contributed by atoms with Crippen molar-refractivity contribution in [3.05, 3.63) is 20.8 Å². The number of carbonyl (C=O) groups excluding carboxylic acids is 1. The first-order chi connectivity index (χ1) is 7.44. The van der Waals surface area contributed by atoms with E-state index in [2.05, 4.69) is 25.4 Å². The second kappa shape index (κ2) is 5.62. The molecule has 16 heavy (non-hydrogen) atoms. The van der Waals surface area contributed by atoms with Gasteiger partial charge in [0.15, 0.2) is 0 Å². The Morgan fingerprint density at radius 1 is 1.62 bits per heavy atom. The highest BCUT2D eigenvalue weighted by Crippen LogP contribution is 2.22. The third kappa shape index (κ3) is 4.08. The van der Waals surface area contributed by atoms with Gasteiger partial charge >= 0.3 is 16.3 Å². The molecule has 0 radical (unpaired) electrons. The first-order valence-corrected chi connectivity index (χ1v) is 7.17. The number of thiophene rings is 1. The van der Waals surface area contributed by atoms with Crippen LogP contribution >= 0.6 is 27.3 Å². The molecular formula is C7H9BrN2O4S2. The zero-order valence-corrected chi connectivity index (χ0v) is 11.4. The summed E-state index contributed by atoms with van der Waals surface area (Å²) in [7, 11) is -2.79. The van der Waals surface area contributed by atoms with Gasteiger partial charge in [0, 0.05) is 15.9 Å². The molecule has 0 spiro atoms. The lowest BCUT2D eigenvalue weighted by atomic mass is 10.5. The van der Waals surface area contributed by atoms with Crippen molar-refractivity contribution < 1.29 is 17.9 Å². The average molecular weight is 329 g/mol. The predicted octanol–water partition coefficient (Wildman–Crippen LogP) is 1.20. The van der Waals surface area contributed by atoms with Gasteiger partial charge in [-0.05, 0) is 27.4 Å². The van der Waals surface area contributed by atoms with Crippen molar-refractivity contribution in [2.75, 3.05) is 7.11 Å². The number of hydrogen-bond acceptors (Lipinski definition) is 5. The van der Waals surface area contributed by atoms with E-state index in [9.17, 15) is 13.2 Å². The number of amides is 1. The lowest BCUT2D eigenvalue weighted by molar-refractivity contribution is 0.177. The number of ether oxygens (including phenoxy) is 1. The number of halogens is 1. The predicted molar refractivity (Wildman–Crippen MR) is 63.3 cm³/mol. The molecule has 0 aliphatic rings. The maximum absolute atomic E-state index is 11.3. The van der Waals surface area contributed by atoms with E-state index >= 15 is 0 Å². The van der Waals surface area contributed by atoms with Gasteiger partial charge in [0.2, 0.25) is 0 Å². The highest BCUT2D eigenvalue weighted by molar-refractivity contribution is 9.10. The zero-order chi connectivity index (χ0) is 12.2. The molecule has 9 heteroatoms. The minimum absolute atomic E-state index is 0.102. The van der Waals surface area contributed by atoms with Crippen LogP contribution < -0.4 is 9.44 Å². The van der Waals surface area contributed by atoms with Gasteiger partial charge < -0.3 is 4.74 Å². The Bertz CT molecular complexity index is 470. The molecular weight excluding hydrogens is 320 g/mol. The van der Waals surface area contributed by atoms with Gasteiger partial charge in [-0.1, -0.05) is 0 Å². The molecule has 0 aromatic carbocycles. The van der Waals surface area contributed by atoms with Crippen LogP contribution in [0.25, 0.3) is 0 Å². The Morgan fingerprint density at radius 3 is 2.81 bits per heavy atom. The molecule has 1 amide bonds. The van der Waals surface area contributed by atoms with Crippen molar-refractivity contribution in [2.24, 2.45) is 0 Å². The summed E-state index contributed by atoms with van der Waals surface area (Å²) in [5, 5.41) is 1.82. The minimum Gasteiger partial charge on any atom is -0.452 e. The molecule has 1 aromatic heterocycles. The van der Waals surface area contributed by atoms with Gasteiger partial charge in [0.25, 0.3) is 0 Å². The smallest absolute Gasteiger partial charge is 0.421 e. The first-order valence-electron chi connectivity index (χ1n) is 4.02. The lowest BCUT2D eigenvalue weighted by Gasteiger charge is -2.06. The van der Waals surface area contributed by atoms with E-state index in [-0.39, 0.29) is 6.54 Å². The quantitative estimate of drug-likeness (QED) is 0.869. The first kappa shape index (κ1) is 13.4. The average Bonchev–Trinajstić information content (AvgIpc) is 2.60. The maximum atomic E-state index is 11.3. The summed E-state index contributed by atoms with van der Waals surface area (Å²) in [6.07, 6.45) is -1.03.